The predicted octanol–water partition coefficient (Wildman–Crippen LogP) is 2.34. The summed E-state index contributed by atoms with van der Waals surface area (Å²) in [7, 11) is -2.67. The van der Waals surface area contributed by atoms with E-state index >= 15 is 0 Å². The number of esters is 1. The molecule has 0 aromatic heterocycles. The summed E-state index contributed by atoms with van der Waals surface area (Å²) in [5.74, 6) is -0.566. The molecule has 0 saturated carbocycles. The number of hydrogen-bond donors (Lipinski definition) is 1. The number of rotatable bonds is 6. The summed E-state index contributed by atoms with van der Waals surface area (Å²) in [5.41, 5.74) is 0. The normalized spacial score (nSPS) is 12.8. The van der Waals surface area contributed by atoms with E-state index in [4.69, 9.17) is 21.1 Å². The lowest BCUT2D eigenvalue weighted by atomic mass is 10.3. The second-order valence-corrected chi connectivity index (χ2v) is 6.99. The molecule has 0 aliphatic heterocycles. The lowest BCUT2D eigenvalue weighted by Crippen LogP contribution is -2.39. The molecule has 0 aliphatic carbocycles. The van der Waals surface area contributed by atoms with Crippen molar-refractivity contribution < 1.29 is 22.7 Å². The fraction of sp³-hybridized carbons (Fsp3) is 0.417. The quantitative estimate of drug-likeness (QED) is 0.741. The summed E-state index contributed by atoms with van der Waals surface area (Å²) < 4.78 is 37.2. The average molecular weight is 401 g/mol. The van der Waals surface area contributed by atoms with Crippen LogP contribution in [0.3, 0.4) is 0 Å². The second-order valence-electron chi connectivity index (χ2n) is 4.01. The molecule has 0 aliphatic rings. The van der Waals surface area contributed by atoms with Crippen LogP contribution in [0, 0.1) is 0 Å². The number of sulfonamides is 1. The zero-order valence-corrected chi connectivity index (χ0v) is 14.8. The van der Waals surface area contributed by atoms with Crippen LogP contribution in [0.25, 0.3) is 0 Å². The zero-order chi connectivity index (χ0) is 16.2. The third-order valence-corrected chi connectivity index (χ3v) is 4.79. The van der Waals surface area contributed by atoms with Crippen molar-refractivity contribution in [1.29, 1.82) is 0 Å². The van der Waals surface area contributed by atoms with Gasteiger partial charge in [0.2, 0.25) is 10.0 Å². The Hall–Kier alpha value is -0.830. The topological polar surface area (TPSA) is 81.7 Å². The number of nitrogens with one attached hydrogen (secondary N) is 1. The first-order valence-electron chi connectivity index (χ1n) is 5.95. The summed E-state index contributed by atoms with van der Waals surface area (Å²) in [5, 5.41) is 0.215. The van der Waals surface area contributed by atoms with Gasteiger partial charge in [0.25, 0.3) is 0 Å². The highest BCUT2D eigenvalue weighted by molar-refractivity contribution is 9.10. The van der Waals surface area contributed by atoms with Crippen molar-refractivity contribution in [3.05, 3.63) is 21.6 Å². The van der Waals surface area contributed by atoms with Crippen molar-refractivity contribution in [3.8, 4) is 5.75 Å². The molecule has 6 nitrogen and oxygen atoms in total. The third kappa shape index (κ3) is 4.57. The van der Waals surface area contributed by atoms with E-state index in [1.165, 1.54) is 26.2 Å². The fourth-order valence-corrected chi connectivity index (χ4v) is 4.12. The predicted molar refractivity (Wildman–Crippen MR) is 82.1 cm³/mol. The Bertz CT molecular complexity index is 635. The van der Waals surface area contributed by atoms with Gasteiger partial charge in [-0.2, -0.15) is 4.72 Å². The minimum atomic E-state index is -4.00. The van der Waals surface area contributed by atoms with Crippen molar-refractivity contribution in [1.82, 2.24) is 4.72 Å². The Morgan fingerprint density at radius 3 is 2.62 bits per heavy atom. The van der Waals surface area contributed by atoms with Crippen LogP contribution in [0.15, 0.2) is 21.5 Å². The van der Waals surface area contributed by atoms with E-state index in [1.807, 2.05) is 0 Å². The molecule has 1 rings (SSSR count). The maximum absolute atomic E-state index is 12.4. The molecule has 21 heavy (non-hydrogen) atoms. The smallest absolute Gasteiger partial charge is 0.323 e. The van der Waals surface area contributed by atoms with Gasteiger partial charge in [-0.3, -0.25) is 4.79 Å². The monoisotopic (exact) mass is 399 g/mol. The van der Waals surface area contributed by atoms with E-state index in [2.05, 4.69) is 20.7 Å². The van der Waals surface area contributed by atoms with Crippen LogP contribution in [0.5, 0.6) is 5.75 Å². The summed E-state index contributed by atoms with van der Waals surface area (Å²) in [4.78, 5) is 11.4. The largest absolute Gasteiger partial charge is 0.494 e. The van der Waals surface area contributed by atoms with Gasteiger partial charge in [-0.1, -0.05) is 11.6 Å². The number of halogens is 2. The highest BCUT2D eigenvalue weighted by Crippen LogP contribution is 2.35. The van der Waals surface area contributed by atoms with Gasteiger partial charge < -0.3 is 9.47 Å². The molecule has 1 N–H and O–H groups in total. The molecular formula is C12H15BrClNO5S. The van der Waals surface area contributed by atoms with Gasteiger partial charge in [-0.05, 0) is 41.9 Å². The van der Waals surface area contributed by atoms with Crippen LogP contribution in [0.1, 0.15) is 13.8 Å². The van der Waals surface area contributed by atoms with Crippen LogP contribution < -0.4 is 9.46 Å². The summed E-state index contributed by atoms with van der Waals surface area (Å²) in [6.45, 7) is 3.19. The molecule has 9 heteroatoms. The van der Waals surface area contributed by atoms with Gasteiger partial charge in [0, 0.05) is 5.02 Å². The Morgan fingerprint density at radius 1 is 1.48 bits per heavy atom. The fourth-order valence-electron chi connectivity index (χ4n) is 1.55. The number of hydrogen-bond acceptors (Lipinski definition) is 5. The van der Waals surface area contributed by atoms with Crippen LogP contribution in [-0.4, -0.2) is 34.1 Å². The first-order chi connectivity index (χ1) is 9.72. The molecule has 0 spiro atoms. The van der Waals surface area contributed by atoms with Gasteiger partial charge in [-0.25, -0.2) is 8.42 Å². The van der Waals surface area contributed by atoms with E-state index in [-0.39, 0.29) is 22.3 Å². The third-order valence-electron chi connectivity index (χ3n) is 2.44. The average Bonchev–Trinajstić information content (AvgIpc) is 2.37. The molecule has 0 bridgehead atoms. The maximum atomic E-state index is 12.4. The summed E-state index contributed by atoms with van der Waals surface area (Å²) >= 11 is 9.04. The molecule has 118 valence electrons. The van der Waals surface area contributed by atoms with Crippen molar-refractivity contribution in [2.45, 2.75) is 24.8 Å². The standard InChI is InChI=1S/C12H15BrClNO5S/c1-4-20-12(16)7(2)15-21(17,18)10-6-8(14)5-9(13)11(10)19-3/h5-7,15H,4H2,1-3H3. The molecular weight excluding hydrogens is 386 g/mol. The number of carbonyl (C=O) groups excluding carboxylic acids is 1. The molecule has 1 atom stereocenters. The van der Waals surface area contributed by atoms with Crippen LogP contribution in [-0.2, 0) is 19.6 Å². The molecule has 0 fully saturated rings. The van der Waals surface area contributed by atoms with Gasteiger partial charge in [0.1, 0.15) is 10.9 Å². The van der Waals surface area contributed by atoms with Gasteiger partial charge in [0.15, 0.2) is 5.75 Å². The number of benzene rings is 1. The zero-order valence-electron chi connectivity index (χ0n) is 11.6. The highest BCUT2D eigenvalue weighted by atomic mass is 79.9. The van der Waals surface area contributed by atoms with E-state index in [0.29, 0.717) is 4.47 Å². The van der Waals surface area contributed by atoms with E-state index in [1.54, 1.807) is 6.92 Å². The van der Waals surface area contributed by atoms with E-state index < -0.39 is 22.0 Å². The van der Waals surface area contributed by atoms with Crippen molar-refractivity contribution in [3.63, 3.8) is 0 Å². The number of ether oxygens (including phenoxy) is 2. The molecule has 0 heterocycles. The second kappa shape index (κ2) is 7.44. The Morgan fingerprint density at radius 2 is 2.10 bits per heavy atom. The number of methoxy groups -OCH3 is 1. The van der Waals surface area contributed by atoms with Crippen molar-refractivity contribution >= 4 is 43.5 Å². The highest BCUT2D eigenvalue weighted by Gasteiger charge is 2.27. The van der Waals surface area contributed by atoms with Gasteiger partial charge in [-0.15, -0.1) is 0 Å². The first-order valence-corrected chi connectivity index (χ1v) is 8.60. The lowest BCUT2D eigenvalue weighted by molar-refractivity contribution is -0.144. The molecule has 1 aromatic carbocycles. The maximum Gasteiger partial charge on any atom is 0.323 e. The molecule has 1 unspecified atom stereocenters. The Labute approximate surface area is 136 Å². The Kier molecular flexibility index (Phi) is 6.45. The Balaban J connectivity index is 3.17. The summed E-state index contributed by atoms with van der Waals surface area (Å²) in [6.07, 6.45) is 0. The first kappa shape index (κ1) is 18.2. The molecule has 0 amide bonds. The van der Waals surface area contributed by atoms with E-state index in [0.717, 1.165) is 0 Å². The molecule has 0 radical (unpaired) electrons. The van der Waals surface area contributed by atoms with Crippen LogP contribution in [0.4, 0.5) is 0 Å². The summed E-state index contributed by atoms with van der Waals surface area (Å²) in [6, 6.07) is 1.72. The van der Waals surface area contributed by atoms with Crippen molar-refractivity contribution in [2.75, 3.05) is 13.7 Å². The SMILES string of the molecule is CCOC(=O)C(C)NS(=O)(=O)c1cc(Cl)cc(Br)c1OC. The minimum absolute atomic E-state index is 0.1000. The number of carbonyl (C=O) groups is 1. The lowest BCUT2D eigenvalue weighted by Gasteiger charge is -2.16. The van der Waals surface area contributed by atoms with Gasteiger partial charge in [0.05, 0.1) is 18.2 Å². The van der Waals surface area contributed by atoms with Crippen LogP contribution in [0.2, 0.25) is 5.02 Å². The van der Waals surface area contributed by atoms with E-state index in [9.17, 15) is 13.2 Å². The minimum Gasteiger partial charge on any atom is -0.494 e. The van der Waals surface area contributed by atoms with Gasteiger partial charge >= 0.3 is 5.97 Å². The molecule has 1 aromatic rings. The van der Waals surface area contributed by atoms with Crippen LogP contribution >= 0.6 is 27.5 Å². The molecule has 0 saturated heterocycles. The van der Waals surface area contributed by atoms with Crippen molar-refractivity contribution in [2.24, 2.45) is 0 Å².